The standard InChI is InChI=1S/C15H22N2O3/c1-10(2)8-13(14(18)19)16-15(20)17(4)12-7-5-6-11(3)9-12/h5-7,9-10,13H,8H2,1-4H3,(H,16,20)(H,18,19)/t13-/m0/s1. The molecule has 0 saturated heterocycles. The lowest BCUT2D eigenvalue weighted by Gasteiger charge is -2.22. The number of nitrogens with zero attached hydrogens (tertiary/aromatic N) is 1. The van der Waals surface area contributed by atoms with E-state index in [0.29, 0.717) is 6.42 Å². The molecule has 1 aromatic carbocycles. The van der Waals surface area contributed by atoms with Gasteiger partial charge in [-0.2, -0.15) is 0 Å². The van der Waals surface area contributed by atoms with Crippen LogP contribution in [0.2, 0.25) is 0 Å². The number of urea groups is 1. The number of carbonyl (C=O) groups is 2. The Kier molecular flexibility index (Phi) is 5.55. The first kappa shape index (κ1) is 16.0. The molecule has 0 fully saturated rings. The molecule has 0 unspecified atom stereocenters. The molecular weight excluding hydrogens is 256 g/mol. The largest absolute Gasteiger partial charge is 0.480 e. The Labute approximate surface area is 119 Å². The first-order valence-electron chi connectivity index (χ1n) is 6.65. The second-order valence-corrected chi connectivity index (χ2v) is 5.37. The maximum absolute atomic E-state index is 12.1. The van der Waals surface area contributed by atoms with Crippen molar-refractivity contribution in [3.8, 4) is 0 Å². The fourth-order valence-corrected chi connectivity index (χ4v) is 1.89. The number of carboxylic acids is 1. The van der Waals surface area contributed by atoms with Crippen molar-refractivity contribution >= 4 is 17.7 Å². The Morgan fingerprint density at radius 1 is 1.35 bits per heavy atom. The van der Waals surface area contributed by atoms with E-state index in [1.807, 2.05) is 45.0 Å². The van der Waals surface area contributed by atoms with Gasteiger partial charge in [-0.3, -0.25) is 4.90 Å². The Morgan fingerprint density at radius 2 is 2.00 bits per heavy atom. The highest BCUT2D eigenvalue weighted by atomic mass is 16.4. The maximum Gasteiger partial charge on any atom is 0.326 e. The van der Waals surface area contributed by atoms with Gasteiger partial charge in [-0.1, -0.05) is 26.0 Å². The van der Waals surface area contributed by atoms with Gasteiger partial charge < -0.3 is 10.4 Å². The van der Waals surface area contributed by atoms with E-state index in [2.05, 4.69) is 5.32 Å². The average Bonchev–Trinajstić information content (AvgIpc) is 2.36. The topological polar surface area (TPSA) is 69.6 Å². The van der Waals surface area contributed by atoms with Gasteiger partial charge in [-0.05, 0) is 37.0 Å². The van der Waals surface area contributed by atoms with E-state index in [4.69, 9.17) is 5.11 Å². The molecule has 5 heteroatoms. The number of rotatable bonds is 5. The normalized spacial score (nSPS) is 12.1. The van der Waals surface area contributed by atoms with Gasteiger partial charge in [-0.25, -0.2) is 9.59 Å². The summed E-state index contributed by atoms with van der Waals surface area (Å²) < 4.78 is 0. The lowest BCUT2D eigenvalue weighted by molar-refractivity contribution is -0.139. The lowest BCUT2D eigenvalue weighted by Crippen LogP contribution is -2.47. The van der Waals surface area contributed by atoms with Crippen LogP contribution in [-0.4, -0.2) is 30.2 Å². The third-order valence-electron chi connectivity index (χ3n) is 3.00. The SMILES string of the molecule is Cc1cccc(N(C)C(=O)N[C@@H](CC(C)C)C(=O)O)c1. The molecule has 0 bridgehead atoms. The molecule has 0 spiro atoms. The maximum atomic E-state index is 12.1. The number of hydrogen-bond acceptors (Lipinski definition) is 2. The summed E-state index contributed by atoms with van der Waals surface area (Å²) in [6.07, 6.45) is 0.405. The van der Waals surface area contributed by atoms with Gasteiger partial charge >= 0.3 is 12.0 Å². The highest BCUT2D eigenvalue weighted by Crippen LogP contribution is 2.15. The van der Waals surface area contributed by atoms with Crippen molar-refractivity contribution in [2.75, 3.05) is 11.9 Å². The molecule has 0 aliphatic heterocycles. The van der Waals surface area contributed by atoms with Crippen LogP contribution in [0, 0.1) is 12.8 Å². The minimum absolute atomic E-state index is 0.195. The highest BCUT2D eigenvalue weighted by molar-refractivity contribution is 5.94. The zero-order valence-electron chi connectivity index (χ0n) is 12.4. The second-order valence-electron chi connectivity index (χ2n) is 5.37. The first-order valence-corrected chi connectivity index (χ1v) is 6.65. The van der Waals surface area contributed by atoms with Crippen molar-refractivity contribution in [2.24, 2.45) is 5.92 Å². The van der Waals surface area contributed by atoms with Gasteiger partial charge in [0.15, 0.2) is 0 Å². The first-order chi connectivity index (χ1) is 9.31. The molecule has 5 nitrogen and oxygen atoms in total. The van der Waals surface area contributed by atoms with Crippen molar-refractivity contribution in [1.29, 1.82) is 0 Å². The number of nitrogens with one attached hydrogen (secondary N) is 1. The average molecular weight is 278 g/mol. The Bertz CT molecular complexity index is 486. The van der Waals surface area contributed by atoms with E-state index in [0.717, 1.165) is 11.3 Å². The van der Waals surface area contributed by atoms with Crippen LogP contribution in [0.5, 0.6) is 0 Å². The molecule has 1 atom stereocenters. The molecule has 1 rings (SSSR count). The van der Waals surface area contributed by atoms with E-state index in [1.165, 1.54) is 4.90 Å². The second kappa shape index (κ2) is 6.93. The minimum Gasteiger partial charge on any atom is -0.480 e. The molecule has 0 aliphatic rings. The molecule has 0 heterocycles. The minimum atomic E-state index is -1.01. The Balaban J connectivity index is 2.76. The molecule has 0 aliphatic carbocycles. The van der Waals surface area contributed by atoms with Crippen LogP contribution in [0.15, 0.2) is 24.3 Å². The van der Waals surface area contributed by atoms with Crippen LogP contribution in [0.4, 0.5) is 10.5 Å². The van der Waals surface area contributed by atoms with E-state index < -0.39 is 18.0 Å². The van der Waals surface area contributed by atoms with Gasteiger partial charge in [0.05, 0.1) is 0 Å². The smallest absolute Gasteiger partial charge is 0.326 e. The number of carboxylic acid groups (broad SMARTS) is 1. The summed E-state index contributed by atoms with van der Waals surface area (Å²) in [6, 6.07) is 6.20. The van der Waals surface area contributed by atoms with Crippen molar-refractivity contribution < 1.29 is 14.7 Å². The van der Waals surface area contributed by atoms with Gasteiger partial charge in [0, 0.05) is 12.7 Å². The van der Waals surface area contributed by atoms with E-state index in [1.54, 1.807) is 7.05 Å². The Morgan fingerprint density at radius 3 is 2.50 bits per heavy atom. The summed E-state index contributed by atoms with van der Waals surface area (Å²) in [5.74, 6) is -0.814. The molecule has 110 valence electrons. The third-order valence-corrected chi connectivity index (χ3v) is 3.00. The quantitative estimate of drug-likeness (QED) is 0.870. The van der Waals surface area contributed by atoms with Crippen molar-refractivity contribution in [3.05, 3.63) is 29.8 Å². The summed E-state index contributed by atoms with van der Waals surface area (Å²) in [6.45, 7) is 5.78. The lowest BCUT2D eigenvalue weighted by atomic mass is 10.0. The van der Waals surface area contributed by atoms with Crippen LogP contribution < -0.4 is 10.2 Å². The van der Waals surface area contributed by atoms with E-state index in [9.17, 15) is 9.59 Å². The summed E-state index contributed by atoms with van der Waals surface area (Å²) >= 11 is 0. The van der Waals surface area contributed by atoms with Gasteiger partial charge in [-0.15, -0.1) is 0 Å². The van der Waals surface area contributed by atoms with Crippen LogP contribution in [0.25, 0.3) is 0 Å². The highest BCUT2D eigenvalue weighted by Gasteiger charge is 2.23. The molecule has 1 aromatic rings. The summed E-state index contributed by atoms with van der Waals surface area (Å²) in [7, 11) is 1.62. The molecule has 0 saturated carbocycles. The number of benzene rings is 1. The van der Waals surface area contributed by atoms with Gasteiger partial charge in [0.25, 0.3) is 0 Å². The third kappa shape index (κ3) is 4.57. The van der Waals surface area contributed by atoms with E-state index in [-0.39, 0.29) is 5.92 Å². The summed E-state index contributed by atoms with van der Waals surface area (Å²) in [5.41, 5.74) is 1.77. The van der Waals surface area contributed by atoms with E-state index >= 15 is 0 Å². The zero-order chi connectivity index (χ0) is 15.3. The number of aryl methyl sites for hydroxylation is 1. The van der Waals surface area contributed by atoms with Crippen LogP contribution in [0.3, 0.4) is 0 Å². The van der Waals surface area contributed by atoms with Gasteiger partial charge in [0.1, 0.15) is 6.04 Å². The van der Waals surface area contributed by atoms with Crippen molar-refractivity contribution in [1.82, 2.24) is 5.32 Å². The number of amides is 2. The number of hydrogen-bond donors (Lipinski definition) is 2. The fourth-order valence-electron chi connectivity index (χ4n) is 1.89. The van der Waals surface area contributed by atoms with Crippen molar-refractivity contribution in [2.45, 2.75) is 33.2 Å². The monoisotopic (exact) mass is 278 g/mol. The molecule has 0 aromatic heterocycles. The molecule has 2 amide bonds. The predicted octanol–water partition coefficient (Wildman–Crippen LogP) is 2.64. The Hall–Kier alpha value is -2.04. The van der Waals surface area contributed by atoms with Crippen LogP contribution in [-0.2, 0) is 4.79 Å². The molecule has 2 N–H and O–H groups in total. The molecular formula is C15H22N2O3. The summed E-state index contributed by atoms with van der Waals surface area (Å²) in [5, 5.41) is 11.7. The van der Waals surface area contributed by atoms with Gasteiger partial charge in [0.2, 0.25) is 0 Å². The summed E-state index contributed by atoms with van der Waals surface area (Å²) in [4.78, 5) is 24.7. The number of carbonyl (C=O) groups excluding carboxylic acids is 1. The molecule has 20 heavy (non-hydrogen) atoms. The number of aliphatic carboxylic acids is 1. The fraction of sp³-hybridized carbons (Fsp3) is 0.467. The number of anilines is 1. The zero-order valence-corrected chi connectivity index (χ0v) is 12.4. The van der Waals surface area contributed by atoms with Crippen LogP contribution >= 0.6 is 0 Å². The van der Waals surface area contributed by atoms with Crippen molar-refractivity contribution in [3.63, 3.8) is 0 Å². The predicted molar refractivity (Wildman–Crippen MR) is 79.0 cm³/mol. The molecule has 0 radical (unpaired) electrons. The van der Waals surface area contributed by atoms with Crippen LogP contribution in [0.1, 0.15) is 25.8 Å².